The van der Waals surface area contributed by atoms with Gasteiger partial charge < -0.3 is 0 Å². The Morgan fingerprint density at radius 2 is 1.56 bits per heavy atom. The van der Waals surface area contributed by atoms with Gasteiger partial charge in [-0.15, -0.1) is 11.3 Å². The largest absolute Gasteiger partial charge is 0.174 e. The summed E-state index contributed by atoms with van der Waals surface area (Å²) in [5.74, 6) is 1.69. The summed E-state index contributed by atoms with van der Waals surface area (Å²) in [4.78, 5) is 2.64. The van der Waals surface area contributed by atoms with E-state index in [-0.39, 0.29) is 0 Å². The Hall–Kier alpha value is 0.400. The Labute approximate surface area is 70.1 Å². The van der Waals surface area contributed by atoms with Crippen LogP contribution in [0.4, 0.5) is 0 Å². The fourth-order valence-electron chi connectivity index (χ4n) is 0.592. The van der Waals surface area contributed by atoms with Gasteiger partial charge in [-0.05, 0) is 12.1 Å². The molecule has 1 aromatic rings. The van der Waals surface area contributed by atoms with E-state index in [1.807, 2.05) is 0 Å². The van der Waals surface area contributed by atoms with Gasteiger partial charge >= 0.3 is 0 Å². The molecule has 0 saturated carbocycles. The van der Waals surface area contributed by atoms with E-state index in [0.717, 1.165) is 11.5 Å². The molecule has 0 atom stereocenters. The maximum atomic E-state index is 4.15. The Morgan fingerprint density at radius 1 is 1.11 bits per heavy atom. The molecule has 0 bridgehead atoms. The van der Waals surface area contributed by atoms with Gasteiger partial charge in [-0.1, -0.05) is 0 Å². The minimum atomic E-state index is 0.846. The highest BCUT2D eigenvalue weighted by Crippen LogP contribution is 2.18. The lowest BCUT2D eigenvalue weighted by Gasteiger charge is -1.83. The normalized spacial score (nSPS) is 10.0. The monoisotopic (exact) mass is 176 g/mol. The van der Waals surface area contributed by atoms with E-state index in [1.54, 1.807) is 11.3 Å². The van der Waals surface area contributed by atoms with Crippen LogP contribution in [0.15, 0.2) is 12.1 Å². The SMILES string of the molecule is SCc1ccc(CS)s1. The first-order valence-corrected chi connectivity index (χ1v) is 4.74. The minimum Gasteiger partial charge on any atom is -0.174 e. The Morgan fingerprint density at radius 3 is 1.78 bits per heavy atom. The highest BCUT2D eigenvalue weighted by Gasteiger charge is 1.94. The van der Waals surface area contributed by atoms with Crippen LogP contribution < -0.4 is 0 Å². The highest BCUT2D eigenvalue weighted by atomic mass is 32.1. The van der Waals surface area contributed by atoms with Crippen molar-refractivity contribution in [1.82, 2.24) is 0 Å². The number of hydrogen-bond donors (Lipinski definition) is 2. The number of thiol groups is 2. The highest BCUT2D eigenvalue weighted by molar-refractivity contribution is 7.79. The van der Waals surface area contributed by atoms with Crippen molar-refractivity contribution in [1.29, 1.82) is 0 Å². The lowest BCUT2D eigenvalue weighted by Crippen LogP contribution is -1.61. The molecule has 0 saturated heterocycles. The zero-order valence-corrected chi connectivity index (χ0v) is 7.48. The third kappa shape index (κ3) is 1.92. The lowest BCUT2D eigenvalue weighted by molar-refractivity contribution is 1.55. The molecule has 0 amide bonds. The molecule has 1 rings (SSSR count). The zero-order valence-electron chi connectivity index (χ0n) is 4.87. The first-order valence-electron chi connectivity index (χ1n) is 2.66. The van der Waals surface area contributed by atoms with Crippen LogP contribution in [0.2, 0.25) is 0 Å². The van der Waals surface area contributed by atoms with Crippen molar-refractivity contribution in [3.05, 3.63) is 21.9 Å². The molecule has 0 spiro atoms. The minimum absolute atomic E-state index is 0.846. The molecular formula is C6H8S3. The Bertz CT molecular complexity index is 162. The van der Waals surface area contributed by atoms with E-state index in [2.05, 4.69) is 37.4 Å². The second-order valence-corrected chi connectivity index (χ2v) is 3.57. The summed E-state index contributed by atoms with van der Waals surface area (Å²) in [5, 5.41) is 0. The van der Waals surface area contributed by atoms with Crippen LogP contribution in [0, 0.1) is 0 Å². The predicted molar refractivity (Wildman–Crippen MR) is 49.7 cm³/mol. The van der Waals surface area contributed by atoms with Gasteiger partial charge in [-0.3, -0.25) is 0 Å². The summed E-state index contributed by atoms with van der Waals surface area (Å²) < 4.78 is 0. The fraction of sp³-hybridized carbons (Fsp3) is 0.333. The van der Waals surface area contributed by atoms with Crippen molar-refractivity contribution in [3.63, 3.8) is 0 Å². The molecule has 0 nitrogen and oxygen atoms in total. The van der Waals surface area contributed by atoms with Crippen LogP contribution >= 0.6 is 36.6 Å². The van der Waals surface area contributed by atoms with Crippen molar-refractivity contribution >= 4 is 36.6 Å². The van der Waals surface area contributed by atoms with E-state index in [4.69, 9.17) is 0 Å². The molecule has 0 aliphatic heterocycles. The van der Waals surface area contributed by atoms with Crippen LogP contribution in [-0.2, 0) is 11.5 Å². The molecule has 9 heavy (non-hydrogen) atoms. The smallest absolute Gasteiger partial charge is 0.0248 e. The van der Waals surface area contributed by atoms with Gasteiger partial charge in [0.1, 0.15) is 0 Å². The van der Waals surface area contributed by atoms with Crippen LogP contribution in [0.25, 0.3) is 0 Å². The molecule has 0 N–H and O–H groups in total. The van der Waals surface area contributed by atoms with Crippen LogP contribution in [-0.4, -0.2) is 0 Å². The van der Waals surface area contributed by atoms with Gasteiger partial charge in [0, 0.05) is 21.3 Å². The van der Waals surface area contributed by atoms with Gasteiger partial charge in [-0.2, -0.15) is 25.3 Å². The number of rotatable bonds is 2. The van der Waals surface area contributed by atoms with E-state index in [0.29, 0.717) is 0 Å². The van der Waals surface area contributed by atoms with E-state index in [9.17, 15) is 0 Å². The molecule has 50 valence electrons. The van der Waals surface area contributed by atoms with Crippen LogP contribution in [0.5, 0.6) is 0 Å². The summed E-state index contributed by atoms with van der Waals surface area (Å²) in [7, 11) is 0. The molecule has 0 aliphatic carbocycles. The topological polar surface area (TPSA) is 0 Å². The van der Waals surface area contributed by atoms with Crippen LogP contribution in [0.1, 0.15) is 9.75 Å². The summed E-state index contributed by atoms with van der Waals surface area (Å²) in [6, 6.07) is 4.20. The van der Waals surface area contributed by atoms with Gasteiger partial charge in [0.25, 0.3) is 0 Å². The van der Waals surface area contributed by atoms with Gasteiger partial charge in [0.15, 0.2) is 0 Å². The van der Waals surface area contributed by atoms with Crippen molar-refractivity contribution in [2.45, 2.75) is 11.5 Å². The molecule has 1 aromatic heterocycles. The maximum Gasteiger partial charge on any atom is 0.0248 e. The molecule has 0 fully saturated rings. The molecule has 0 radical (unpaired) electrons. The zero-order chi connectivity index (χ0) is 6.69. The molecule has 1 heterocycles. The van der Waals surface area contributed by atoms with Gasteiger partial charge in [0.05, 0.1) is 0 Å². The van der Waals surface area contributed by atoms with Gasteiger partial charge in [0.2, 0.25) is 0 Å². The summed E-state index contributed by atoms with van der Waals surface area (Å²) in [6.07, 6.45) is 0. The Balaban J connectivity index is 2.74. The first kappa shape index (κ1) is 7.51. The summed E-state index contributed by atoms with van der Waals surface area (Å²) in [5.41, 5.74) is 0. The number of thiophene rings is 1. The van der Waals surface area contributed by atoms with E-state index < -0.39 is 0 Å². The van der Waals surface area contributed by atoms with Crippen LogP contribution in [0.3, 0.4) is 0 Å². The van der Waals surface area contributed by atoms with Gasteiger partial charge in [-0.25, -0.2) is 0 Å². The van der Waals surface area contributed by atoms with Crippen molar-refractivity contribution in [2.75, 3.05) is 0 Å². The van der Waals surface area contributed by atoms with Crippen molar-refractivity contribution in [3.8, 4) is 0 Å². The number of hydrogen-bond acceptors (Lipinski definition) is 3. The fourth-order valence-corrected chi connectivity index (χ4v) is 1.93. The maximum absolute atomic E-state index is 4.15. The Kier molecular flexibility index (Phi) is 2.95. The molecule has 0 unspecified atom stereocenters. The average Bonchev–Trinajstić information content (AvgIpc) is 2.34. The quantitative estimate of drug-likeness (QED) is 0.636. The summed E-state index contributed by atoms with van der Waals surface area (Å²) >= 11 is 10.1. The third-order valence-electron chi connectivity index (χ3n) is 1.03. The molecular weight excluding hydrogens is 168 g/mol. The first-order chi connectivity index (χ1) is 4.36. The van der Waals surface area contributed by atoms with E-state index >= 15 is 0 Å². The lowest BCUT2D eigenvalue weighted by atomic mass is 10.5. The molecule has 3 heteroatoms. The molecule has 0 aromatic carbocycles. The molecule has 0 aliphatic rings. The van der Waals surface area contributed by atoms with E-state index in [1.165, 1.54) is 9.75 Å². The van der Waals surface area contributed by atoms with Crippen molar-refractivity contribution in [2.24, 2.45) is 0 Å². The predicted octanol–water partition coefficient (Wildman–Crippen LogP) is 2.61. The average molecular weight is 176 g/mol. The second kappa shape index (κ2) is 3.54. The standard InChI is InChI=1S/C6H8S3/c7-3-5-1-2-6(4-8)9-5/h1-2,7-8H,3-4H2. The van der Waals surface area contributed by atoms with Crippen molar-refractivity contribution < 1.29 is 0 Å². The third-order valence-corrected chi connectivity index (χ3v) is 3.22. The second-order valence-electron chi connectivity index (χ2n) is 1.68. The summed E-state index contributed by atoms with van der Waals surface area (Å²) in [6.45, 7) is 0.